The van der Waals surface area contributed by atoms with Crippen LogP contribution in [0.1, 0.15) is 27.2 Å². The Bertz CT molecular complexity index is 32.2. The van der Waals surface area contributed by atoms with Gasteiger partial charge in [-0.05, 0) is 6.42 Å². The molecule has 0 amide bonds. The van der Waals surface area contributed by atoms with E-state index in [0.29, 0.717) is 6.61 Å². The van der Waals surface area contributed by atoms with Crippen molar-refractivity contribution >= 4 is 0 Å². The minimum Gasteiger partial charge on any atom is -0.382 e. The molecule has 64 valence electrons. The van der Waals surface area contributed by atoms with E-state index in [0.717, 1.165) is 19.6 Å². The zero-order valence-corrected chi connectivity index (χ0v) is 7.64. The van der Waals surface area contributed by atoms with Gasteiger partial charge in [-0.1, -0.05) is 20.8 Å². The van der Waals surface area contributed by atoms with Crippen LogP contribution in [0.2, 0.25) is 0 Å². The van der Waals surface area contributed by atoms with Crippen LogP contribution in [0.25, 0.3) is 0 Å². The summed E-state index contributed by atoms with van der Waals surface area (Å²) in [5.41, 5.74) is 0. The minimum atomic E-state index is 0.708. The Kier molecular flexibility index (Phi) is 20.1. The van der Waals surface area contributed by atoms with Crippen molar-refractivity contribution in [2.75, 3.05) is 26.9 Å². The zero-order chi connectivity index (χ0) is 8.24. The van der Waals surface area contributed by atoms with Crippen LogP contribution >= 0.6 is 0 Å². The highest BCUT2D eigenvalue weighted by Crippen LogP contribution is 1.78. The average Bonchev–Trinajstić information content (AvgIpc) is 2.02. The monoisotopic (exact) mass is 148 g/mol. The largest absolute Gasteiger partial charge is 0.382 e. The molecule has 0 heterocycles. The lowest BCUT2D eigenvalue weighted by atomic mass is 10.5. The molecule has 0 spiro atoms. The minimum absolute atomic E-state index is 0.708. The number of hydrogen-bond donors (Lipinski definition) is 0. The Morgan fingerprint density at radius 1 is 1.00 bits per heavy atom. The van der Waals surface area contributed by atoms with Crippen LogP contribution in [-0.4, -0.2) is 26.9 Å². The third-order valence-corrected chi connectivity index (χ3v) is 0.780. The smallest absolute Gasteiger partial charge is 0.0700 e. The highest BCUT2D eigenvalue weighted by atomic mass is 16.5. The molecule has 2 heteroatoms. The summed E-state index contributed by atoms with van der Waals surface area (Å²) in [6.45, 7) is 8.38. The Balaban J connectivity index is 0. The molecule has 0 unspecified atom stereocenters. The summed E-state index contributed by atoms with van der Waals surface area (Å²) in [5.74, 6) is 0. The van der Waals surface area contributed by atoms with Gasteiger partial charge in [0.15, 0.2) is 0 Å². The highest BCUT2D eigenvalue weighted by molar-refractivity contribution is 4.26. The highest BCUT2D eigenvalue weighted by Gasteiger charge is 1.81. The van der Waals surface area contributed by atoms with Gasteiger partial charge in [-0.2, -0.15) is 0 Å². The third-order valence-electron chi connectivity index (χ3n) is 0.780. The van der Waals surface area contributed by atoms with E-state index in [-0.39, 0.29) is 0 Å². The number of methoxy groups -OCH3 is 1. The van der Waals surface area contributed by atoms with Crippen molar-refractivity contribution < 1.29 is 9.47 Å². The quantitative estimate of drug-likeness (QED) is 0.556. The molecule has 0 rings (SSSR count). The zero-order valence-electron chi connectivity index (χ0n) is 7.64. The number of ether oxygens (including phenoxy) is 2. The SMILES string of the molecule is CC.CCCOCCOC. The van der Waals surface area contributed by atoms with E-state index in [1.807, 2.05) is 13.8 Å². The van der Waals surface area contributed by atoms with Gasteiger partial charge in [-0.25, -0.2) is 0 Å². The Morgan fingerprint density at radius 3 is 2.00 bits per heavy atom. The van der Waals surface area contributed by atoms with E-state index < -0.39 is 0 Å². The predicted molar refractivity (Wildman–Crippen MR) is 44.3 cm³/mol. The summed E-state index contributed by atoms with van der Waals surface area (Å²) in [6.07, 6.45) is 1.09. The molecule has 0 fully saturated rings. The standard InChI is InChI=1S/C6H14O2.C2H6/c1-3-4-8-6-5-7-2;1-2/h3-6H2,1-2H3;1-2H3. The molecule has 10 heavy (non-hydrogen) atoms. The number of hydrogen-bond acceptors (Lipinski definition) is 2. The molecule has 0 aliphatic heterocycles. The maximum atomic E-state index is 5.10. The van der Waals surface area contributed by atoms with Crippen LogP contribution in [0.3, 0.4) is 0 Å². The summed E-state index contributed by atoms with van der Waals surface area (Å²) < 4.78 is 9.86. The van der Waals surface area contributed by atoms with Crippen LogP contribution in [0.4, 0.5) is 0 Å². The molecule has 0 aromatic carbocycles. The lowest BCUT2D eigenvalue weighted by Crippen LogP contribution is -2.01. The summed E-state index contributed by atoms with van der Waals surface area (Å²) in [7, 11) is 1.68. The van der Waals surface area contributed by atoms with E-state index >= 15 is 0 Å². The summed E-state index contributed by atoms with van der Waals surface area (Å²) in [6, 6.07) is 0. The first-order chi connectivity index (χ1) is 4.91. The van der Waals surface area contributed by atoms with Crippen molar-refractivity contribution in [2.24, 2.45) is 0 Å². The van der Waals surface area contributed by atoms with Crippen molar-refractivity contribution in [1.82, 2.24) is 0 Å². The fourth-order valence-corrected chi connectivity index (χ4v) is 0.389. The van der Waals surface area contributed by atoms with Gasteiger partial charge in [0.25, 0.3) is 0 Å². The normalized spacial score (nSPS) is 8.40. The molecule has 0 N–H and O–H groups in total. The second-order valence-corrected chi connectivity index (χ2v) is 1.61. The van der Waals surface area contributed by atoms with Crippen molar-refractivity contribution in [3.05, 3.63) is 0 Å². The van der Waals surface area contributed by atoms with E-state index in [2.05, 4.69) is 6.92 Å². The van der Waals surface area contributed by atoms with Gasteiger partial charge in [0.05, 0.1) is 13.2 Å². The first-order valence-corrected chi connectivity index (χ1v) is 3.98. The molecule has 0 atom stereocenters. The fraction of sp³-hybridized carbons (Fsp3) is 1.00. The molecule has 0 saturated heterocycles. The van der Waals surface area contributed by atoms with E-state index in [4.69, 9.17) is 9.47 Å². The van der Waals surface area contributed by atoms with E-state index in [1.54, 1.807) is 7.11 Å². The Hall–Kier alpha value is -0.0800. The first-order valence-electron chi connectivity index (χ1n) is 3.98. The number of rotatable bonds is 5. The molecule has 0 radical (unpaired) electrons. The van der Waals surface area contributed by atoms with Gasteiger partial charge in [0, 0.05) is 13.7 Å². The van der Waals surface area contributed by atoms with Gasteiger partial charge < -0.3 is 9.47 Å². The van der Waals surface area contributed by atoms with Crippen molar-refractivity contribution in [3.8, 4) is 0 Å². The molecule has 0 aliphatic rings. The first kappa shape index (κ1) is 12.6. The topological polar surface area (TPSA) is 18.5 Å². The van der Waals surface area contributed by atoms with Crippen LogP contribution < -0.4 is 0 Å². The van der Waals surface area contributed by atoms with Gasteiger partial charge in [0.2, 0.25) is 0 Å². The average molecular weight is 148 g/mol. The van der Waals surface area contributed by atoms with E-state index in [1.165, 1.54) is 0 Å². The van der Waals surface area contributed by atoms with Gasteiger partial charge in [0.1, 0.15) is 0 Å². The molecule has 0 aromatic rings. The molecule has 0 bridgehead atoms. The summed E-state index contributed by atoms with van der Waals surface area (Å²) >= 11 is 0. The van der Waals surface area contributed by atoms with Gasteiger partial charge in [-0.15, -0.1) is 0 Å². The predicted octanol–water partition coefficient (Wildman–Crippen LogP) is 2.09. The van der Waals surface area contributed by atoms with Crippen LogP contribution in [0.15, 0.2) is 0 Å². The summed E-state index contributed by atoms with van der Waals surface area (Å²) in [4.78, 5) is 0. The second-order valence-electron chi connectivity index (χ2n) is 1.61. The lowest BCUT2D eigenvalue weighted by Gasteiger charge is -1.98. The lowest BCUT2D eigenvalue weighted by molar-refractivity contribution is 0.0710. The van der Waals surface area contributed by atoms with Crippen molar-refractivity contribution in [1.29, 1.82) is 0 Å². The molecule has 0 aliphatic carbocycles. The molecule has 2 nitrogen and oxygen atoms in total. The molecular weight excluding hydrogens is 128 g/mol. The maximum absolute atomic E-state index is 5.10. The van der Waals surface area contributed by atoms with Crippen molar-refractivity contribution in [2.45, 2.75) is 27.2 Å². The van der Waals surface area contributed by atoms with Crippen LogP contribution in [0.5, 0.6) is 0 Å². The Labute approximate surface area is 64.5 Å². The maximum Gasteiger partial charge on any atom is 0.0700 e. The Morgan fingerprint density at radius 2 is 1.60 bits per heavy atom. The molecular formula is C8H20O2. The van der Waals surface area contributed by atoms with Crippen LogP contribution in [-0.2, 0) is 9.47 Å². The van der Waals surface area contributed by atoms with E-state index in [9.17, 15) is 0 Å². The fourth-order valence-electron chi connectivity index (χ4n) is 0.389. The molecule has 0 saturated carbocycles. The van der Waals surface area contributed by atoms with Crippen LogP contribution in [0, 0.1) is 0 Å². The third kappa shape index (κ3) is 15.7. The molecule has 0 aromatic heterocycles. The van der Waals surface area contributed by atoms with Crippen molar-refractivity contribution in [3.63, 3.8) is 0 Å². The second kappa shape index (κ2) is 16.0. The van der Waals surface area contributed by atoms with Gasteiger partial charge in [-0.3, -0.25) is 0 Å². The van der Waals surface area contributed by atoms with Gasteiger partial charge >= 0.3 is 0 Å². The summed E-state index contributed by atoms with van der Waals surface area (Å²) in [5, 5.41) is 0.